The van der Waals surface area contributed by atoms with E-state index in [-0.39, 0.29) is 12.1 Å². The summed E-state index contributed by atoms with van der Waals surface area (Å²) in [7, 11) is 0. The van der Waals surface area contributed by atoms with Crippen molar-refractivity contribution in [3.05, 3.63) is 29.8 Å². The molecule has 1 unspecified atom stereocenters. The Balaban J connectivity index is 1.77. The van der Waals surface area contributed by atoms with Gasteiger partial charge in [0.05, 0.1) is 5.69 Å². The van der Waals surface area contributed by atoms with E-state index >= 15 is 0 Å². The number of nitrogens with zero attached hydrogens (tertiary/aromatic N) is 1. The van der Waals surface area contributed by atoms with E-state index in [1.807, 2.05) is 29.2 Å². The van der Waals surface area contributed by atoms with Crippen LogP contribution in [0.1, 0.15) is 56.6 Å². The average molecular weight is 287 g/mol. The summed E-state index contributed by atoms with van der Waals surface area (Å²) in [6.45, 7) is 0.753. The van der Waals surface area contributed by atoms with Gasteiger partial charge in [0.2, 0.25) is 0 Å². The lowest BCUT2D eigenvalue weighted by atomic mass is 9.96. The second-order valence-corrected chi connectivity index (χ2v) is 6.24. The first-order valence-electron chi connectivity index (χ1n) is 8.18. The number of hydrogen-bond acceptors (Lipinski definition) is 2. The van der Waals surface area contributed by atoms with Gasteiger partial charge in [-0.3, -0.25) is 4.90 Å². The molecule has 4 nitrogen and oxygen atoms in total. The summed E-state index contributed by atoms with van der Waals surface area (Å²) in [4.78, 5) is 14.5. The standard InChI is InChI=1S/C17H25N3O/c18-15-10-6-12-20(16-11-5-4-9-14(15)16)17(21)19-13-7-2-1-3-8-13/h4-5,9,11,13,15H,1-3,6-8,10,12,18H2,(H,19,21). The Morgan fingerprint density at radius 2 is 1.86 bits per heavy atom. The van der Waals surface area contributed by atoms with E-state index in [1.165, 1.54) is 19.3 Å². The van der Waals surface area contributed by atoms with Gasteiger partial charge < -0.3 is 11.1 Å². The molecule has 3 rings (SSSR count). The molecule has 1 atom stereocenters. The molecule has 0 aromatic heterocycles. The fourth-order valence-corrected chi connectivity index (χ4v) is 3.50. The molecule has 4 heteroatoms. The van der Waals surface area contributed by atoms with Crippen LogP contribution in [0, 0.1) is 0 Å². The summed E-state index contributed by atoms with van der Waals surface area (Å²) in [5.74, 6) is 0. The van der Waals surface area contributed by atoms with Crippen LogP contribution in [-0.4, -0.2) is 18.6 Å². The molecule has 1 aromatic carbocycles. The maximum Gasteiger partial charge on any atom is 0.322 e. The van der Waals surface area contributed by atoms with E-state index in [1.54, 1.807) is 0 Å². The highest BCUT2D eigenvalue weighted by atomic mass is 16.2. The molecule has 1 aliphatic heterocycles. The van der Waals surface area contributed by atoms with Crippen molar-refractivity contribution in [2.24, 2.45) is 5.73 Å². The van der Waals surface area contributed by atoms with Crippen LogP contribution in [0.3, 0.4) is 0 Å². The maximum atomic E-state index is 12.7. The molecule has 0 bridgehead atoms. The molecule has 1 saturated carbocycles. The monoisotopic (exact) mass is 287 g/mol. The summed E-state index contributed by atoms with van der Waals surface area (Å²) in [6.07, 6.45) is 7.87. The van der Waals surface area contributed by atoms with Crippen molar-refractivity contribution < 1.29 is 4.79 Å². The molecule has 0 radical (unpaired) electrons. The molecule has 114 valence electrons. The van der Waals surface area contributed by atoms with E-state index < -0.39 is 0 Å². The van der Waals surface area contributed by atoms with Gasteiger partial charge in [-0.2, -0.15) is 0 Å². The number of nitrogens with two attached hydrogens (primary N) is 1. The first kappa shape index (κ1) is 14.4. The summed E-state index contributed by atoms with van der Waals surface area (Å²) in [5.41, 5.74) is 8.31. The largest absolute Gasteiger partial charge is 0.335 e. The zero-order chi connectivity index (χ0) is 14.7. The number of hydrogen-bond donors (Lipinski definition) is 2. The Bertz CT molecular complexity index is 497. The minimum absolute atomic E-state index is 0.0358. The number of para-hydroxylation sites is 1. The van der Waals surface area contributed by atoms with Crippen molar-refractivity contribution in [1.29, 1.82) is 0 Å². The molecule has 0 saturated heterocycles. The van der Waals surface area contributed by atoms with Crippen molar-refractivity contribution in [2.75, 3.05) is 11.4 Å². The van der Waals surface area contributed by atoms with Gasteiger partial charge in [0, 0.05) is 18.6 Å². The number of amides is 2. The average Bonchev–Trinajstić information content (AvgIpc) is 2.68. The van der Waals surface area contributed by atoms with Crippen molar-refractivity contribution in [3.8, 4) is 0 Å². The SMILES string of the molecule is NC1CCCN(C(=O)NC2CCCCC2)c2ccccc21. The topological polar surface area (TPSA) is 58.4 Å². The Kier molecular flexibility index (Phi) is 4.44. The molecule has 2 aliphatic rings. The smallest absolute Gasteiger partial charge is 0.322 e. The van der Waals surface area contributed by atoms with Gasteiger partial charge in [-0.15, -0.1) is 0 Å². The summed E-state index contributed by atoms with van der Waals surface area (Å²) in [6, 6.07) is 8.47. The van der Waals surface area contributed by atoms with Crippen LogP contribution < -0.4 is 16.0 Å². The van der Waals surface area contributed by atoms with E-state index in [4.69, 9.17) is 5.73 Å². The van der Waals surface area contributed by atoms with Gasteiger partial charge in [0.15, 0.2) is 0 Å². The zero-order valence-electron chi connectivity index (χ0n) is 12.6. The maximum absolute atomic E-state index is 12.7. The normalized spacial score (nSPS) is 23.3. The second kappa shape index (κ2) is 6.48. The predicted octanol–water partition coefficient (Wildman–Crippen LogP) is 3.33. The molecule has 2 amide bonds. The van der Waals surface area contributed by atoms with Crippen LogP contribution in [-0.2, 0) is 0 Å². The van der Waals surface area contributed by atoms with Crippen molar-refractivity contribution in [3.63, 3.8) is 0 Å². The number of benzene rings is 1. The molecular weight excluding hydrogens is 262 g/mol. The number of anilines is 1. The minimum atomic E-state index is 0.0358. The van der Waals surface area contributed by atoms with E-state index in [9.17, 15) is 4.79 Å². The van der Waals surface area contributed by atoms with Gasteiger partial charge in [0.25, 0.3) is 0 Å². The van der Waals surface area contributed by atoms with E-state index in [0.29, 0.717) is 6.04 Å². The molecule has 3 N–H and O–H groups in total. The Morgan fingerprint density at radius 3 is 2.67 bits per heavy atom. The van der Waals surface area contributed by atoms with E-state index in [0.717, 1.165) is 43.5 Å². The first-order chi connectivity index (χ1) is 10.3. The third-order valence-electron chi connectivity index (χ3n) is 4.70. The number of rotatable bonds is 1. The first-order valence-corrected chi connectivity index (χ1v) is 8.18. The third-order valence-corrected chi connectivity index (χ3v) is 4.70. The highest BCUT2D eigenvalue weighted by Gasteiger charge is 2.26. The lowest BCUT2D eigenvalue weighted by molar-refractivity contribution is 0.238. The van der Waals surface area contributed by atoms with Crippen LogP contribution >= 0.6 is 0 Å². The molecule has 1 fully saturated rings. The van der Waals surface area contributed by atoms with Gasteiger partial charge in [-0.05, 0) is 37.3 Å². The van der Waals surface area contributed by atoms with Gasteiger partial charge in [0.1, 0.15) is 0 Å². The Labute approximate surface area is 126 Å². The molecule has 1 aliphatic carbocycles. The number of carbonyl (C=O) groups excluding carboxylic acids is 1. The van der Waals surface area contributed by atoms with Crippen molar-refractivity contribution in [2.45, 2.75) is 57.0 Å². The number of fused-ring (bicyclic) bond motifs is 1. The summed E-state index contributed by atoms with van der Waals surface area (Å²) >= 11 is 0. The lowest BCUT2D eigenvalue weighted by Crippen LogP contribution is -2.46. The fraction of sp³-hybridized carbons (Fsp3) is 0.588. The quantitative estimate of drug-likeness (QED) is 0.832. The van der Waals surface area contributed by atoms with Crippen LogP contribution in [0.4, 0.5) is 10.5 Å². The second-order valence-electron chi connectivity index (χ2n) is 6.24. The molecule has 0 spiro atoms. The van der Waals surface area contributed by atoms with Crippen LogP contribution in [0.15, 0.2) is 24.3 Å². The van der Waals surface area contributed by atoms with Gasteiger partial charge >= 0.3 is 6.03 Å². The fourth-order valence-electron chi connectivity index (χ4n) is 3.50. The minimum Gasteiger partial charge on any atom is -0.335 e. The third kappa shape index (κ3) is 3.21. The zero-order valence-corrected chi connectivity index (χ0v) is 12.6. The molecule has 1 heterocycles. The summed E-state index contributed by atoms with van der Waals surface area (Å²) < 4.78 is 0. The van der Waals surface area contributed by atoms with Crippen LogP contribution in [0.2, 0.25) is 0 Å². The van der Waals surface area contributed by atoms with Crippen molar-refractivity contribution >= 4 is 11.7 Å². The molecular formula is C17H25N3O. The Hall–Kier alpha value is -1.55. The molecule has 21 heavy (non-hydrogen) atoms. The van der Waals surface area contributed by atoms with Crippen LogP contribution in [0.25, 0.3) is 0 Å². The Morgan fingerprint density at radius 1 is 1.10 bits per heavy atom. The van der Waals surface area contributed by atoms with E-state index in [2.05, 4.69) is 5.32 Å². The number of nitrogens with one attached hydrogen (secondary N) is 1. The highest BCUT2D eigenvalue weighted by Crippen LogP contribution is 2.31. The number of carbonyl (C=O) groups is 1. The number of urea groups is 1. The predicted molar refractivity (Wildman–Crippen MR) is 85.4 cm³/mol. The van der Waals surface area contributed by atoms with Crippen molar-refractivity contribution in [1.82, 2.24) is 5.32 Å². The van der Waals surface area contributed by atoms with Gasteiger partial charge in [-0.25, -0.2) is 4.79 Å². The highest BCUT2D eigenvalue weighted by molar-refractivity contribution is 5.93. The molecule has 1 aromatic rings. The summed E-state index contributed by atoms with van der Waals surface area (Å²) in [5, 5.41) is 3.22. The lowest BCUT2D eigenvalue weighted by Gasteiger charge is -2.28. The van der Waals surface area contributed by atoms with Crippen LogP contribution in [0.5, 0.6) is 0 Å². The van der Waals surface area contributed by atoms with Gasteiger partial charge in [-0.1, -0.05) is 37.5 Å².